The van der Waals surface area contributed by atoms with Gasteiger partial charge < -0.3 is 20.1 Å². The second-order valence-corrected chi connectivity index (χ2v) is 5.03. The molecule has 0 aliphatic carbocycles. The maximum atomic E-state index is 14.0. The summed E-state index contributed by atoms with van der Waals surface area (Å²) in [6.45, 7) is 2.06. The second kappa shape index (κ2) is 6.57. The Hall–Kier alpha value is -2.41. The van der Waals surface area contributed by atoms with Gasteiger partial charge in [-0.25, -0.2) is 14.4 Å². The van der Waals surface area contributed by atoms with Crippen molar-refractivity contribution < 1.29 is 13.9 Å². The lowest BCUT2D eigenvalue weighted by atomic mass is 10.2. The van der Waals surface area contributed by atoms with Crippen LogP contribution in [0.5, 0.6) is 5.75 Å². The lowest BCUT2D eigenvalue weighted by molar-refractivity contribution is 0.00994. The standard InChI is InChI=1S/C15H17FN4O2/c16-14-5-11(17)1-2-15(14)20-3-4-21-13(8-20)9-22-12-6-18-10-19-7-12/h1-2,5-7,10,13H,3-4,8-9,17H2. The summed E-state index contributed by atoms with van der Waals surface area (Å²) in [5.74, 6) is 0.264. The van der Waals surface area contributed by atoms with Gasteiger partial charge in [0.15, 0.2) is 5.75 Å². The summed E-state index contributed by atoms with van der Waals surface area (Å²) in [7, 11) is 0. The number of nitrogens with two attached hydrogens (primary N) is 1. The Morgan fingerprint density at radius 1 is 1.36 bits per heavy atom. The lowest BCUT2D eigenvalue weighted by Crippen LogP contribution is -2.45. The third-order valence-corrected chi connectivity index (χ3v) is 3.42. The number of ether oxygens (including phenoxy) is 2. The maximum absolute atomic E-state index is 14.0. The Balaban J connectivity index is 1.61. The van der Waals surface area contributed by atoms with Crippen LogP contribution in [-0.4, -0.2) is 42.4 Å². The first kappa shape index (κ1) is 14.5. The van der Waals surface area contributed by atoms with Crippen molar-refractivity contribution in [1.82, 2.24) is 9.97 Å². The first-order valence-electron chi connectivity index (χ1n) is 7.02. The van der Waals surface area contributed by atoms with Crippen LogP contribution in [0.2, 0.25) is 0 Å². The topological polar surface area (TPSA) is 73.5 Å². The lowest BCUT2D eigenvalue weighted by Gasteiger charge is -2.34. The van der Waals surface area contributed by atoms with E-state index in [4.69, 9.17) is 15.2 Å². The van der Waals surface area contributed by atoms with Crippen LogP contribution in [0.1, 0.15) is 0 Å². The van der Waals surface area contributed by atoms with Gasteiger partial charge in [-0.3, -0.25) is 0 Å². The molecule has 1 aromatic heterocycles. The third kappa shape index (κ3) is 3.43. The molecule has 22 heavy (non-hydrogen) atoms. The summed E-state index contributed by atoms with van der Waals surface area (Å²) in [4.78, 5) is 9.70. The number of aromatic nitrogens is 2. The van der Waals surface area contributed by atoms with Gasteiger partial charge in [-0.05, 0) is 18.2 Å². The summed E-state index contributed by atoms with van der Waals surface area (Å²) in [5.41, 5.74) is 6.53. The smallest absolute Gasteiger partial charge is 0.156 e. The highest BCUT2D eigenvalue weighted by Crippen LogP contribution is 2.23. The molecule has 1 aromatic carbocycles. The van der Waals surface area contributed by atoms with Crippen LogP contribution in [0.4, 0.5) is 15.8 Å². The van der Waals surface area contributed by atoms with Crippen molar-refractivity contribution in [2.75, 3.05) is 36.9 Å². The van der Waals surface area contributed by atoms with Gasteiger partial charge >= 0.3 is 0 Å². The molecule has 2 N–H and O–H groups in total. The van der Waals surface area contributed by atoms with E-state index in [1.54, 1.807) is 24.5 Å². The molecule has 7 heteroatoms. The summed E-state index contributed by atoms with van der Waals surface area (Å²) in [6, 6.07) is 4.72. The number of anilines is 2. The minimum atomic E-state index is -0.321. The molecule has 1 aliphatic heterocycles. The number of hydrogen-bond acceptors (Lipinski definition) is 6. The van der Waals surface area contributed by atoms with E-state index in [9.17, 15) is 4.39 Å². The summed E-state index contributed by atoms with van der Waals surface area (Å²) >= 11 is 0. The van der Waals surface area contributed by atoms with E-state index in [1.165, 1.54) is 12.4 Å². The Kier molecular flexibility index (Phi) is 4.34. The molecule has 1 atom stereocenters. The van der Waals surface area contributed by atoms with Crippen LogP contribution in [-0.2, 0) is 4.74 Å². The van der Waals surface area contributed by atoms with E-state index in [2.05, 4.69) is 9.97 Å². The van der Waals surface area contributed by atoms with Crippen molar-refractivity contribution in [3.63, 3.8) is 0 Å². The van der Waals surface area contributed by atoms with E-state index in [0.29, 0.717) is 43.4 Å². The number of benzene rings is 1. The Labute approximate surface area is 127 Å². The zero-order valence-electron chi connectivity index (χ0n) is 12.0. The molecular weight excluding hydrogens is 287 g/mol. The van der Waals surface area contributed by atoms with Gasteiger partial charge in [0.05, 0.1) is 24.7 Å². The zero-order valence-corrected chi connectivity index (χ0v) is 12.0. The quantitative estimate of drug-likeness (QED) is 0.863. The van der Waals surface area contributed by atoms with E-state index < -0.39 is 0 Å². The number of halogens is 1. The third-order valence-electron chi connectivity index (χ3n) is 3.42. The SMILES string of the molecule is Nc1ccc(N2CCOC(COc3cncnc3)C2)c(F)c1. The molecule has 2 aromatic rings. The molecule has 0 saturated carbocycles. The summed E-state index contributed by atoms with van der Waals surface area (Å²) < 4.78 is 25.3. The van der Waals surface area contributed by atoms with E-state index in [1.807, 2.05) is 4.90 Å². The predicted octanol–water partition coefficient (Wildman–Crippen LogP) is 1.48. The van der Waals surface area contributed by atoms with Crippen molar-refractivity contribution >= 4 is 11.4 Å². The minimum Gasteiger partial charge on any atom is -0.488 e. The van der Waals surface area contributed by atoms with Gasteiger partial charge in [0.25, 0.3) is 0 Å². The average molecular weight is 304 g/mol. The van der Waals surface area contributed by atoms with Gasteiger partial charge in [0, 0.05) is 18.8 Å². The molecule has 1 fully saturated rings. The van der Waals surface area contributed by atoms with Gasteiger partial charge in [0.2, 0.25) is 0 Å². The van der Waals surface area contributed by atoms with Crippen LogP contribution in [0.25, 0.3) is 0 Å². The molecular formula is C15H17FN4O2. The van der Waals surface area contributed by atoms with E-state index >= 15 is 0 Å². The van der Waals surface area contributed by atoms with Crippen LogP contribution in [0.15, 0.2) is 36.9 Å². The largest absolute Gasteiger partial charge is 0.488 e. The highest BCUT2D eigenvalue weighted by atomic mass is 19.1. The number of nitrogen functional groups attached to an aromatic ring is 1. The highest BCUT2D eigenvalue weighted by Gasteiger charge is 2.23. The van der Waals surface area contributed by atoms with Crippen molar-refractivity contribution in [2.24, 2.45) is 0 Å². The molecule has 6 nitrogen and oxygen atoms in total. The van der Waals surface area contributed by atoms with Crippen molar-refractivity contribution in [3.05, 3.63) is 42.7 Å². The molecule has 0 bridgehead atoms. The molecule has 1 saturated heterocycles. The monoisotopic (exact) mass is 304 g/mol. The molecule has 3 rings (SSSR count). The van der Waals surface area contributed by atoms with Crippen LogP contribution in [0, 0.1) is 5.82 Å². The van der Waals surface area contributed by atoms with Crippen molar-refractivity contribution in [1.29, 1.82) is 0 Å². The maximum Gasteiger partial charge on any atom is 0.156 e. The number of morpholine rings is 1. The fourth-order valence-electron chi connectivity index (χ4n) is 2.37. The fourth-order valence-corrected chi connectivity index (χ4v) is 2.37. The number of nitrogens with zero attached hydrogens (tertiary/aromatic N) is 3. The van der Waals surface area contributed by atoms with Gasteiger partial charge in [0.1, 0.15) is 24.9 Å². The average Bonchev–Trinajstić information content (AvgIpc) is 2.54. The van der Waals surface area contributed by atoms with Crippen molar-refractivity contribution in [2.45, 2.75) is 6.10 Å². The van der Waals surface area contributed by atoms with Crippen LogP contribution < -0.4 is 15.4 Å². The molecule has 0 radical (unpaired) electrons. The van der Waals surface area contributed by atoms with Crippen LogP contribution in [0.3, 0.4) is 0 Å². The molecule has 116 valence electrons. The van der Waals surface area contributed by atoms with Crippen LogP contribution >= 0.6 is 0 Å². The first-order chi connectivity index (χ1) is 10.7. The normalized spacial score (nSPS) is 18.2. The Morgan fingerprint density at radius 2 is 2.18 bits per heavy atom. The van der Waals surface area contributed by atoms with E-state index in [0.717, 1.165) is 0 Å². The predicted molar refractivity (Wildman–Crippen MR) is 80.3 cm³/mol. The molecule has 1 aliphatic rings. The minimum absolute atomic E-state index is 0.147. The summed E-state index contributed by atoms with van der Waals surface area (Å²) in [6.07, 6.45) is 4.47. The zero-order chi connectivity index (χ0) is 15.4. The summed E-state index contributed by atoms with van der Waals surface area (Å²) in [5, 5.41) is 0. The fraction of sp³-hybridized carbons (Fsp3) is 0.333. The molecule has 1 unspecified atom stereocenters. The van der Waals surface area contributed by atoms with Crippen molar-refractivity contribution in [3.8, 4) is 5.75 Å². The van der Waals surface area contributed by atoms with Gasteiger partial charge in [-0.1, -0.05) is 0 Å². The molecule has 0 amide bonds. The van der Waals surface area contributed by atoms with Gasteiger partial charge in [-0.2, -0.15) is 0 Å². The Morgan fingerprint density at radius 3 is 2.95 bits per heavy atom. The highest BCUT2D eigenvalue weighted by molar-refractivity contribution is 5.54. The number of hydrogen-bond donors (Lipinski definition) is 1. The second-order valence-electron chi connectivity index (χ2n) is 5.03. The number of rotatable bonds is 4. The first-order valence-corrected chi connectivity index (χ1v) is 7.02. The van der Waals surface area contributed by atoms with Gasteiger partial charge in [-0.15, -0.1) is 0 Å². The Bertz CT molecular complexity index is 626. The van der Waals surface area contributed by atoms with E-state index in [-0.39, 0.29) is 11.9 Å². The molecule has 0 spiro atoms. The molecule has 2 heterocycles.